The predicted molar refractivity (Wildman–Crippen MR) is 63.1 cm³/mol. The quantitative estimate of drug-likeness (QED) is 0.706. The summed E-state index contributed by atoms with van der Waals surface area (Å²) in [6, 6.07) is 16.7. The molecule has 0 atom stereocenters. The first-order valence-corrected chi connectivity index (χ1v) is 5.05. The highest BCUT2D eigenvalue weighted by Crippen LogP contribution is 2.11. The minimum atomic E-state index is -1.35. The Morgan fingerprint density at radius 2 is 1.00 bits per heavy atom. The van der Waals surface area contributed by atoms with Crippen LogP contribution in [-0.4, -0.2) is 16.0 Å². The first-order valence-electron chi connectivity index (χ1n) is 4.14. The Hall–Kier alpha value is -0.835. The Balaban J connectivity index is 0.000000213. The van der Waals surface area contributed by atoms with Crippen LogP contribution in [0.2, 0.25) is 0 Å². The van der Waals surface area contributed by atoms with E-state index in [0.29, 0.717) is 0 Å². The average Bonchev–Trinajstić information content (AvgIpc) is 2.17. The molecule has 2 aromatic rings. The average molecular weight is 253 g/mol. The van der Waals surface area contributed by atoms with Crippen molar-refractivity contribution in [3.63, 3.8) is 0 Å². The maximum Gasteiger partial charge on any atom is 0.533 e. The second-order valence-electron chi connectivity index (χ2n) is 2.66. The molecule has 4 heteroatoms. The highest BCUT2D eigenvalue weighted by molar-refractivity contribution is 9.24. The molecule has 0 saturated heterocycles. The molecular weight excluding hydrogens is 243 g/mol. The summed E-state index contributed by atoms with van der Waals surface area (Å²) in [7, 11) is 0. The predicted octanol–water partition coefficient (Wildman–Crippen LogP) is 2.19. The van der Waals surface area contributed by atoms with Crippen LogP contribution >= 0.6 is 15.8 Å². The normalized spacial score (nSPS) is 9.07. The largest absolute Gasteiger partial charge is 0.533 e. The summed E-state index contributed by atoms with van der Waals surface area (Å²) < 4.78 is 0. The Morgan fingerprint density at radius 1 is 0.786 bits per heavy atom. The number of benzene rings is 2. The summed E-state index contributed by atoms with van der Waals surface area (Å²) in [6.45, 7) is 0. The van der Waals surface area contributed by atoms with Crippen LogP contribution in [-0.2, 0) is 0 Å². The molecule has 0 radical (unpaired) electrons. The molecule has 0 fully saturated rings. The van der Waals surface area contributed by atoms with Crippen molar-refractivity contribution in [3.8, 4) is 0 Å². The van der Waals surface area contributed by atoms with Gasteiger partial charge in [-0.05, 0) is 10.8 Å². The smallest absolute Gasteiger partial charge is 0.418 e. The van der Waals surface area contributed by atoms with Crippen molar-refractivity contribution in [2.24, 2.45) is 0 Å². The topological polar surface area (TPSA) is 40.5 Å². The van der Waals surface area contributed by atoms with Crippen LogP contribution in [0.5, 0.6) is 0 Å². The van der Waals surface area contributed by atoms with Crippen LogP contribution in [0.25, 0.3) is 10.8 Å². The molecule has 0 unspecified atom stereocenters. The summed E-state index contributed by atoms with van der Waals surface area (Å²) in [6.07, 6.45) is 0. The van der Waals surface area contributed by atoms with Gasteiger partial charge in [0.25, 0.3) is 0 Å². The Bertz CT molecular complexity index is 324. The first kappa shape index (κ1) is 11.2. The maximum absolute atomic E-state index is 7.53. The molecule has 2 N–H and O–H groups in total. The second kappa shape index (κ2) is 5.80. The third-order valence-electron chi connectivity index (χ3n) is 1.66. The summed E-state index contributed by atoms with van der Waals surface area (Å²) in [4.78, 5) is 0. The molecule has 0 amide bonds. The number of hydrogen-bond acceptors (Lipinski definition) is 2. The third kappa shape index (κ3) is 3.92. The van der Waals surface area contributed by atoms with E-state index in [1.807, 2.05) is 0 Å². The lowest BCUT2D eigenvalue weighted by molar-refractivity contribution is 0.440. The Kier molecular flexibility index (Phi) is 4.66. The molecule has 0 aliphatic carbocycles. The van der Waals surface area contributed by atoms with Crippen LogP contribution in [0.3, 0.4) is 0 Å². The van der Waals surface area contributed by atoms with E-state index < -0.39 is 5.94 Å². The Labute approximate surface area is 91.3 Å². The van der Waals surface area contributed by atoms with Crippen molar-refractivity contribution in [1.29, 1.82) is 0 Å². The van der Waals surface area contributed by atoms with Gasteiger partial charge in [0, 0.05) is 0 Å². The van der Waals surface area contributed by atoms with E-state index in [4.69, 9.17) is 10.0 Å². The van der Waals surface area contributed by atoms with Gasteiger partial charge in [0.2, 0.25) is 0 Å². The molecule has 2 rings (SSSR count). The van der Waals surface area contributed by atoms with Crippen LogP contribution < -0.4 is 0 Å². The molecule has 2 aromatic carbocycles. The maximum atomic E-state index is 7.53. The molecule has 0 aromatic heterocycles. The van der Waals surface area contributed by atoms with Gasteiger partial charge in [-0.2, -0.15) is 0 Å². The van der Waals surface area contributed by atoms with Gasteiger partial charge in [-0.3, -0.25) is 0 Å². The standard InChI is InChI=1S/C10H8.BBrH2O2/c1-2-6-10-8-4-3-7-9(10)5-1;2-1(3)4/h1-8H;3-4H. The van der Waals surface area contributed by atoms with E-state index in [9.17, 15) is 0 Å². The number of hydrogen-bond donors (Lipinski definition) is 2. The van der Waals surface area contributed by atoms with E-state index in [1.165, 1.54) is 10.8 Å². The molecular formula is C10H10BBrO2. The lowest BCUT2D eigenvalue weighted by atomic mass is 10.1. The molecule has 0 saturated carbocycles. The second-order valence-corrected chi connectivity index (χ2v) is 3.48. The van der Waals surface area contributed by atoms with Gasteiger partial charge in [-0.25, -0.2) is 0 Å². The van der Waals surface area contributed by atoms with Crippen molar-refractivity contribution in [3.05, 3.63) is 48.5 Å². The van der Waals surface area contributed by atoms with Gasteiger partial charge in [0.1, 0.15) is 0 Å². The van der Waals surface area contributed by atoms with Crippen molar-refractivity contribution >= 4 is 32.5 Å². The highest BCUT2D eigenvalue weighted by atomic mass is 79.9. The van der Waals surface area contributed by atoms with Gasteiger partial charge in [-0.15, -0.1) is 0 Å². The van der Waals surface area contributed by atoms with Gasteiger partial charge in [-0.1, -0.05) is 64.3 Å². The van der Waals surface area contributed by atoms with Crippen LogP contribution in [0.15, 0.2) is 48.5 Å². The minimum absolute atomic E-state index is 1.31. The Morgan fingerprint density at radius 3 is 1.21 bits per heavy atom. The molecule has 0 aliphatic rings. The zero-order chi connectivity index (χ0) is 10.4. The summed E-state index contributed by atoms with van der Waals surface area (Å²) >= 11 is 2.38. The summed E-state index contributed by atoms with van der Waals surface area (Å²) in [5, 5.41) is 17.7. The van der Waals surface area contributed by atoms with Crippen LogP contribution in [0.4, 0.5) is 0 Å². The number of rotatable bonds is 0. The number of halogens is 1. The summed E-state index contributed by atoms with van der Waals surface area (Å²) in [5.41, 5.74) is 0. The molecule has 2 nitrogen and oxygen atoms in total. The van der Waals surface area contributed by atoms with Crippen molar-refractivity contribution in [2.45, 2.75) is 0 Å². The lowest BCUT2D eigenvalue weighted by Gasteiger charge is -1.92. The lowest BCUT2D eigenvalue weighted by Crippen LogP contribution is -1.95. The molecule has 14 heavy (non-hydrogen) atoms. The SMILES string of the molecule is OB(O)Br.c1ccc2ccccc2c1. The van der Waals surface area contributed by atoms with Gasteiger partial charge >= 0.3 is 5.94 Å². The van der Waals surface area contributed by atoms with Crippen LogP contribution in [0.1, 0.15) is 0 Å². The fourth-order valence-corrected chi connectivity index (χ4v) is 1.13. The molecule has 0 heterocycles. The molecule has 0 spiro atoms. The van der Waals surface area contributed by atoms with E-state index in [0.717, 1.165) is 0 Å². The van der Waals surface area contributed by atoms with Gasteiger partial charge < -0.3 is 10.0 Å². The van der Waals surface area contributed by atoms with E-state index in [1.54, 1.807) is 0 Å². The van der Waals surface area contributed by atoms with Gasteiger partial charge in [0.05, 0.1) is 0 Å². The molecule has 72 valence electrons. The minimum Gasteiger partial charge on any atom is -0.418 e. The van der Waals surface area contributed by atoms with Gasteiger partial charge in [0.15, 0.2) is 0 Å². The zero-order valence-corrected chi connectivity index (χ0v) is 9.05. The molecule has 0 bridgehead atoms. The summed E-state index contributed by atoms with van der Waals surface area (Å²) in [5.74, 6) is -1.35. The third-order valence-corrected chi connectivity index (χ3v) is 1.66. The van der Waals surface area contributed by atoms with Crippen LogP contribution in [0, 0.1) is 0 Å². The van der Waals surface area contributed by atoms with E-state index in [2.05, 4.69) is 64.3 Å². The van der Waals surface area contributed by atoms with E-state index >= 15 is 0 Å². The molecule has 0 aliphatic heterocycles. The number of fused-ring (bicyclic) bond motifs is 1. The van der Waals surface area contributed by atoms with Crippen molar-refractivity contribution in [2.75, 3.05) is 0 Å². The van der Waals surface area contributed by atoms with Crippen molar-refractivity contribution < 1.29 is 10.0 Å². The highest BCUT2D eigenvalue weighted by Gasteiger charge is 1.90. The van der Waals surface area contributed by atoms with E-state index in [-0.39, 0.29) is 0 Å². The monoisotopic (exact) mass is 252 g/mol. The van der Waals surface area contributed by atoms with Crippen molar-refractivity contribution in [1.82, 2.24) is 0 Å². The fraction of sp³-hybridized carbons (Fsp3) is 0. The fourth-order valence-electron chi connectivity index (χ4n) is 1.13. The zero-order valence-electron chi connectivity index (χ0n) is 7.47. The first-order chi connectivity index (χ1) is 6.70.